The third-order valence-electron chi connectivity index (χ3n) is 2.40. The van der Waals surface area contributed by atoms with Crippen molar-refractivity contribution in [2.45, 2.75) is 26.7 Å². The van der Waals surface area contributed by atoms with E-state index < -0.39 is 0 Å². The lowest BCUT2D eigenvalue weighted by molar-refractivity contribution is 0.873. The van der Waals surface area contributed by atoms with Gasteiger partial charge in [-0.2, -0.15) is 5.10 Å². The van der Waals surface area contributed by atoms with Gasteiger partial charge < -0.3 is 5.73 Å². The highest BCUT2D eigenvalue weighted by Crippen LogP contribution is 2.34. The summed E-state index contributed by atoms with van der Waals surface area (Å²) in [5.74, 6) is 1.01. The highest BCUT2D eigenvalue weighted by atomic mass is 32.1. The maximum Gasteiger partial charge on any atom is 0.149 e. The van der Waals surface area contributed by atoms with Crippen molar-refractivity contribution in [2.75, 3.05) is 5.73 Å². The Labute approximate surface area is 93.3 Å². The van der Waals surface area contributed by atoms with Crippen molar-refractivity contribution < 1.29 is 0 Å². The number of hydrogen-bond acceptors (Lipinski definition) is 3. The van der Waals surface area contributed by atoms with E-state index in [4.69, 9.17) is 5.73 Å². The molecule has 2 aromatic rings. The smallest absolute Gasteiger partial charge is 0.149 e. The summed E-state index contributed by atoms with van der Waals surface area (Å²) in [5, 5.41) is 7.10. The number of nitrogen functional groups attached to an aromatic ring is 1. The quantitative estimate of drug-likeness (QED) is 0.818. The fourth-order valence-corrected chi connectivity index (χ4v) is 2.58. The Balaban J connectivity index is 2.53. The van der Waals surface area contributed by atoms with Gasteiger partial charge in [-0.3, -0.25) is 5.10 Å². The van der Waals surface area contributed by atoms with E-state index in [9.17, 15) is 0 Å². The summed E-state index contributed by atoms with van der Waals surface area (Å²) in [6, 6.07) is 4.22. The molecule has 2 heterocycles. The monoisotopic (exact) mass is 221 g/mol. The molecular formula is C11H15N3S. The van der Waals surface area contributed by atoms with Gasteiger partial charge in [0.15, 0.2) is 0 Å². The number of thiophene rings is 1. The molecule has 0 bridgehead atoms. The minimum atomic E-state index is 0.390. The van der Waals surface area contributed by atoms with Gasteiger partial charge in [0.2, 0.25) is 0 Å². The van der Waals surface area contributed by atoms with Crippen LogP contribution in [0, 0.1) is 6.92 Å². The third-order valence-corrected chi connectivity index (χ3v) is 3.42. The van der Waals surface area contributed by atoms with Crippen LogP contribution in [0.3, 0.4) is 0 Å². The van der Waals surface area contributed by atoms with Crippen LogP contribution in [0.2, 0.25) is 0 Å². The molecule has 0 aliphatic carbocycles. The summed E-state index contributed by atoms with van der Waals surface area (Å²) < 4.78 is 0. The van der Waals surface area contributed by atoms with E-state index in [1.54, 1.807) is 11.3 Å². The topological polar surface area (TPSA) is 54.7 Å². The van der Waals surface area contributed by atoms with Gasteiger partial charge in [-0.05, 0) is 25.0 Å². The highest BCUT2D eigenvalue weighted by Gasteiger charge is 2.16. The van der Waals surface area contributed by atoms with Crippen molar-refractivity contribution in [1.82, 2.24) is 10.2 Å². The van der Waals surface area contributed by atoms with Gasteiger partial charge in [-0.25, -0.2) is 0 Å². The molecule has 0 atom stereocenters. The first-order chi connectivity index (χ1) is 7.09. The van der Waals surface area contributed by atoms with Gasteiger partial charge in [-0.15, -0.1) is 11.3 Å². The second kappa shape index (κ2) is 3.70. The molecule has 15 heavy (non-hydrogen) atoms. The molecule has 0 aliphatic rings. The van der Waals surface area contributed by atoms with Crippen LogP contribution in [0.5, 0.6) is 0 Å². The van der Waals surface area contributed by atoms with Crippen LogP contribution in [0.25, 0.3) is 10.6 Å². The van der Waals surface area contributed by atoms with Crippen LogP contribution in [-0.4, -0.2) is 10.2 Å². The van der Waals surface area contributed by atoms with Gasteiger partial charge in [0.1, 0.15) is 5.82 Å². The Hall–Kier alpha value is -1.29. The molecule has 80 valence electrons. The van der Waals surface area contributed by atoms with Crippen LogP contribution in [0.1, 0.15) is 30.2 Å². The molecule has 0 unspecified atom stereocenters. The normalized spacial score (nSPS) is 11.2. The molecule has 0 amide bonds. The first kappa shape index (κ1) is 10.2. The van der Waals surface area contributed by atoms with Crippen LogP contribution >= 0.6 is 11.3 Å². The molecule has 0 fully saturated rings. The van der Waals surface area contributed by atoms with E-state index in [2.05, 4.69) is 43.1 Å². The number of nitrogens with zero attached hydrogens (tertiary/aromatic N) is 1. The van der Waals surface area contributed by atoms with Crippen LogP contribution in [0.15, 0.2) is 12.1 Å². The molecular weight excluding hydrogens is 206 g/mol. The molecule has 2 aromatic heterocycles. The second-order valence-corrected chi connectivity index (χ2v) is 5.25. The average molecular weight is 221 g/mol. The number of aromatic nitrogens is 2. The molecule has 0 spiro atoms. The van der Waals surface area contributed by atoms with E-state index in [-0.39, 0.29) is 0 Å². The molecule has 0 saturated heterocycles. The summed E-state index contributed by atoms with van der Waals surface area (Å²) in [4.78, 5) is 2.51. The minimum absolute atomic E-state index is 0.390. The van der Waals surface area contributed by atoms with Gasteiger partial charge in [0.25, 0.3) is 0 Å². The van der Waals surface area contributed by atoms with E-state index >= 15 is 0 Å². The fraction of sp³-hybridized carbons (Fsp3) is 0.364. The van der Waals surface area contributed by atoms with Gasteiger partial charge >= 0.3 is 0 Å². The van der Waals surface area contributed by atoms with E-state index in [0.717, 1.165) is 11.3 Å². The molecule has 0 aliphatic heterocycles. The predicted molar refractivity (Wildman–Crippen MR) is 65.1 cm³/mol. The third kappa shape index (κ3) is 1.77. The number of hydrogen-bond donors (Lipinski definition) is 2. The fourth-order valence-electron chi connectivity index (χ4n) is 1.71. The molecule has 2 rings (SSSR count). The van der Waals surface area contributed by atoms with Gasteiger partial charge in [-0.1, -0.05) is 13.8 Å². The Morgan fingerprint density at radius 2 is 2.13 bits per heavy atom. The number of nitrogens with two attached hydrogens (primary N) is 1. The summed E-state index contributed by atoms with van der Waals surface area (Å²) in [6.45, 7) is 6.36. The lowest BCUT2D eigenvalue weighted by Crippen LogP contribution is -1.94. The number of aromatic amines is 1. The Kier molecular flexibility index (Phi) is 2.52. The predicted octanol–water partition coefficient (Wildman–Crippen LogP) is 3.15. The summed E-state index contributed by atoms with van der Waals surface area (Å²) in [6.07, 6.45) is 0. The lowest BCUT2D eigenvalue weighted by Gasteiger charge is -2.05. The zero-order chi connectivity index (χ0) is 11.0. The van der Waals surface area contributed by atoms with Gasteiger partial charge in [0, 0.05) is 10.4 Å². The maximum absolute atomic E-state index is 5.85. The maximum atomic E-state index is 5.85. The number of H-pyrrole nitrogens is 1. The molecule has 0 saturated carbocycles. The first-order valence-electron chi connectivity index (χ1n) is 5.00. The van der Waals surface area contributed by atoms with Crippen molar-refractivity contribution in [3.63, 3.8) is 0 Å². The first-order valence-corrected chi connectivity index (χ1v) is 5.81. The van der Waals surface area contributed by atoms with Crippen molar-refractivity contribution in [3.8, 4) is 10.6 Å². The summed E-state index contributed by atoms with van der Waals surface area (Å²) >= 11 is 1.76. The highest BCUT2D eigenvalue weighted by molar-refractivity contribution is 7.15. The van der Waals surface area contributed by atoms with Crippen LogP contribution in [0.4, 0.5) is 5.82 Å². The molecule has 3 N–H and O–H groups in total. The Morgan fingerprint density at radius 1 is 1.40 bits per heavy atom. The molecule has 4 heteroatoms. The van der Waals surface area contributed by atoms with Gasteiger partial charge in [0.05, 0.1) is 10.6 Å². The minimum Gasteiger partial charge on any atom is -0.382 e. The van der Waals surface area contributed by atoms with Crippen molar-refractivity contribution in [1.29, 1.82) is 0 Å². The van der Waals surface area contributed by atoms with E-state index in [0.29, 0.717) is 11.7 Å². The zero-order valence-corrected chi connectivity index (χ0v) is 9.98. The van der Waals surface area contributed by atoms with Crippen LogP contribution < -0.4 is 5.73 Å². The lowest BCUT2D eigenvalue weighted by atomic mass is 10.0. The van der Waals surface area contributed by atoms with E-state index in [1.165, 1.54) is 9.75 Å². The van der Waals surface area contributed by atoms with Crippen molar-refractivity contribution >= 4 is 17.2 Å². The number of rotatable bonds is 2. The molecule has 3 nitrogen and oxygen atoms in total. The Bertz CT molecular complexity index is 468. The second-order valence-electron chi connectivity index (χ2n) is 3.96. The standard InChI is InChI=1S/C11H15N3S/c1-6(2)9-10(13-14-11(9)12)8-5-4-7(3)15-8/h4-6H,1-3H3,(H3,12,13,14). The summed E-state index contributed by atoms with van der Waals surface area (Å²) in [7, 11) is 0. The average Bonchev–Trinajstić information content (AvgIpc) is 2.71. The zero-order valence-electron chi connectivity index (χ0n) is 9.16. The number of anilines is 1. The Morgan fingerprint density at radius 3 is 2.67 bits per heavy atom. The van der Waals surface area contributed by atoms with Crippen molar-refractivity contribution in [2.24, 2.45) is 0 Å². The summed E-state index contributed by atoms with van der Waals surface area (Å²) in [5.41, 5.74) is 8.04. The largest absolute Gasteiger partial charge is 0.382 e. The molecule has 0 radical (unpaired) electrons. The van der Waals surface area contributed by atoms with Crippen molar-refractivity contribution in [3.05, 3.63) is 22.6 Å². The van der Waals surface area contributed by atoms with Crippen LogP contribution in [-0.2, 0) is 0 Å². The molecule has 0 aromatic carbocycles. The van der Waals surface area contributed by atoms with E-state index in [1.807, 2.05) is 0 Å². The number of nitrogens with one attached hydrogen (secondary N) is 1. The SMILES string of the molecule is Cc1ccc(-c2[nH]nc(N)c2C(C)C)s1. The number of aryl methyl sites for hydroxylation is 1.